The second-order valence-electron chi connectivity index (χ2n) is 4.15. The Kier molecular flexibility index (Phi) is 4.64. The van der Waals surface area contributed by atoms with Crippen molar-refractivity contribution < 1.29 is 23.5 Å². The first-order valence-electron chi connectivity index (χ1n) is 6.09. The van der Waals surface area contributed by atoms with Gasteiger partial charge in [-0.25, -0.2) is 4.79 Å². The number of nitrogens with zero attached hydrogens (tertiary/aromatic N) is 1. The molecular formula is C14H13NO5S. The SMILES string of the molecule is COC(=O)C(C)N1C(=O)S/C(=C\C=C\c2ccco2)C1=O. The fourth-order valence-corrected chi connectivity index (χ4v) is 2.58. The molecule has 0 spiro atoms. The molecule has 1 saturated heterocycles. The van der Waals surface area contributed by atoms with Crippen LogP contribution >= 0.6 is 11.8 Å². The summed E-state index contributed by atoms with van der Waals surface area (Å²) in [5, 5.41) is -0.490. The highest BCUT2D eigenvalue weighted by Gasteiger charge is 2.40. The number of rotatable bonds is 4. The van der Waals surface area contributed by atoms with E-state index in [-0.39, 0.29) is 4.91 Å². The van der Waals surface area contributed by atoms with Gasteiger partial charge in [0, 0.05) is 0 Å². The Morgan fingerprint density at radius 1 is 1.48 bits per heavy atom. The molecule has 2 heterocycles. The van der Waals surface area contributed by atoms with Crippen LogP contribution in [0.5, 0.6) is 0 Å². The van der Waals surface area contributed by atoms with Crippen molar-refractivity contribution in [1.29, 1.82) is 0 Å². The van der Waals surface area contributed by atoms with E-state index in [1.165, 1.54) is 26.4 Å². The fraction of sp³-hybridized carbons (Fsp3) is 0.214. The van der Waals surface area contributed by atoms with Gasteiger partial charge in [0.05, 0.1) is 18.3 Å². The summed E-state index contributed by atoms with van der Waals surface area (Å²) in [5.74, 6) is -0.509. The molecule has 1 aromatic rings. The van der Waals surface area contributed by atoms with E-state index < -0.39 is 23.2 Å². The molecule has 1 aromatic heterocycles. The Morgan fingerprint density at radius 2 is 2.24 bits per heavy atom. The first kappa shape index (κ1) is 15.1. The highest BCUT2D eigenvalue weighted by Crippen LogP contribution is 2.32. The monoisotopic (exact) mass is 307 g/mol. The normalized spacial score (nSPS) is 18.8. The summed E-state index contributed by atoms with van der Waals surface area (Å²) in [5.41, 5.74) is 0. The van der Waals surface area contributed by atoms with Gasteiger partial charge in [-0.15, -0.1) is 0 Å². The van der Waals surface area contributed by atoms with Gasteiger partial charge in [0.15, 0.2) is 0 Å². The largest absolute Gasteiger partial charge is 0.467 e. The minimum absolute atomic E-state index is 0.249. The summed E-state index contributed by atoms with van der Waals surface area (Å²) >= 11 is 0.784. The molecular weight excluding hydrogens is 294 g/mol. The van der Waals surface area contributed by atoms with Crippen LogP contribution in [0.2, 0.25) is 0 Å². The van der Waals surface area contributed by atoms with E-state index in [9.17, 15) is 14.4 Å². The molecule has 1 aliphatic heterocycles. The summed E-state index contributed by atoms with van der Waals surface area (Å²) in [6.45, 7) is 1.45. The number of esters is 1. The fourth-order valence-electron chi connectivity index (χ4n) is 1.72. The number of methoxy groups -OCH3 is 1. The lowest BCUT2D eigenvalue weighted by Crippen LogP contribution is -2.42. The van der Waals surface area contributed by atoms with E-state index in [1.807, 2.05) is 0 Å². The lowest BCUT2D eigenvalue weighted by atomic mass is 10.3. The van der Waals surface area contributed by atoms with Crippen molar-refractivity contribution in [3.05, 3.63) is 41.2 Å². The number of carbonyl (C=O) groups is 3. The van der Waals surface area contributed by atoms with E-state index in [0.29, 0.717) is 5.76 Å². The maximum atomic E-state index is 12.1. The number of allylic oxidation sites excluding steroid dienone is 2. The molecule has 1 unspecified atom stereocenters. The second-order valence-corrected chi connectivity index (χ2v) is 5.14. The average Bonchev–Trinajstić information content (AvgIpc) is 3.07. The highest BCUT2D eigenvalue weighted by atomic mass is 32.2. The number of carbonyl (C=O) groups excluding carboxylic acids is 3. The smallest absolute Gasteiger partial charge is 0.328 e. The molecule has 2 rings (SSSR count). The summed E-state index contributed by atoms with van der Waals surface area (Å²) in [6.07, 6.45) is 6.32. The van der Waals surface area contributed by atoms with Crippen LogP contribution in [0, 0.1) is 0 Å². The maximum absolute atomic E-state index is 12.1. The lowest BCUT2D eigenvalue weighted by Gasteiger charge is -2.18. The van der Waals surface area contributed by atoms with Gasteiger partial charge in [-0.1, -0.05) is 6.08 Å². The third-order valence-electron chi connectivity index (χ3n) is 2.80. The summed E-state index contributed by atoms with van der Waals surface area (Å²) in [4.78, 5) is 36.5. The molecule has 21 heavy (non-hydrogen) atoms. The highest BCUT2D eigenvalue weighted by molar-refractivity contribution is 8.18. The van der Waals surface area contributed by atoms with Gasteiger partial charge < -0.3 is 9.15 Å². The Morgan fingerprint density at radius 3 is 2.86 bits per heavy atom. The Hall–Kier alpha value is -2.28. The summed E-state index contributed by atoms with van der Waals surface area (Å²) in [7, 11) is 1.21. The van der Waals surface area contributed by atoms with Gasteiger partial charge in [-0.2, -0.15) is 0 Å². The molecule has 0 aliphatic carbocycles. The molecule has 0 radical (unpaired) electrons. The van der Waals surface area contributed by atoms with Crippen molar-refractivity contribution in [1.82, 2.24) is 4.90 Å². The van der Waals surface area contributed by atoms with Crippen molar-refractivity contribution in [3.63, 3.8) is 0 Å². The molecule has 0 bridgehead atoms. The molecule has 2 amide bonds. The average molecular weight is 307 g/mol. The predicted octanol–water partition coefficient (Wildman–Crippen LogP) is 2.43. The lowest BCUT2D eigenvalue weighted by molar-refractivity contribution is -0.148. The van der Waals surface area contributed by atoms with Gasteiger partial charge in [0.25, 0.3) is 11.1 Å². The molecule has 0 saturated carbocycles. The van der Waals surface area contributed by atoms with Gasteiger partial charge in [-0.3, -0.25) is 14.5 Å². The van der Waals surface area contributed by atoms with E-state index in [0.717, 1.165) is 16.7 Å². The van der Waals surface area contributed by atoms with Crippen LogP contribution in [0.1, 0.15) is 12.7 Å². The van der Waals surface area contributed by atoms with Crippen molar-refractivity contribution in [2.24, 2.45) is 0 Å². The van der Waals surface area contributed by atoms with E-state index in [1.54, 1.807) is 24.3 Å². The standard InChI is InChI=1S/C14H13NO5S/c1-9(13(17)19-2)15-12(16)11(21-14(15)18)7-3-5-10-6-4-8-20-10/h3-9H,1-2H3/b5-3+,11-7-. The van der Waals surface area contributed by atoms with Gasteiger partial charge in [-0.05, 0) is 43.0 Å². The molecule has 110 valence electrons. The van der Waals surface area contributed by atoms with Crippen molar-refractivity contribution in [2.75, 3.05) is 7.11 Å². The maximum Gasteiger partial charge on any atom is 0.328 e. The van der Waals surface area contributed by atoms with Crippen LogP contribution in [0.4, 0.5) is 4.79 Å². The van der Waals surface area contributed by atoms with Gasteiger partial charge >= 0.3 is 5.97 Å². The van der Waals surface area contributed by atoms with Crippen LogP contribution in [0.25, 0.3) is 6.08 Å². The molecule has 0 N–H and O–H groups in total. The van der Waals surface area contributed by atoms with Crippen LogP contribution in [0.15, 0.2) is 39.9 Å². The van der Waals surface area contributed by atoms with Crippen molar-refractivity contribution in [2.45, 2.75) is 13.0 Å². The minimum Gasteiger partial charge on any atom is -0.467 e. The zero-order valence-corrected chi connectivity index (χ0v) is 12.3. The zero-order valence-electron chi connectivity index (χ0n) is 11.4. The summed E-state index contributed by atoms with van der Waals surface area (Å²) in [6, 6.07) is 2.56. The van der Waals surface area contributed by atoms with E-state index >= 15 is 0 Å². The molecule has 6 nitrogen and oxygen atoms in total. The molecule has 1 fully saturated rings. The van der Waals surface area contributed by atoms with Crippen LogP contribution in [-0.4, -0.2) is 35.2 Å². The number of ether oxygens (including phenoxy) is 1. The molecule has 7 heteroatoms. The zero-order chi connectivity index (χ0) is 15.4. The van der Waals surface area contributed by atoms with Crippen LogP contribution in [0.3, 0.4) is 0 Å². The first-order valence-corrected chi connectivity index (χ1v) is 6.91. The van der Waals surface area contributed by atoms with Gasteiger partial charge in [0.2, 0.25) is 0 Å². The number of thioether (sulfide) groups is 1. The van der Waals surface area contributed by atoms with E-state index in [4.69, 9.17) is 4.42 Å². The van der Waals surface area contributed by atoms with Crippen LogP contribution in [-0.2, 0) is 14.3 Å². The first-order chi connectivity index (χ1) is 10.0. The number of imide groups is 1. The third-order valence-corrected chi connectivity index (χ3v) is 3.71. The minimum atomic E-state index is -0.942. The quantitative estimate of drug-likeness (QED) is 0.628. The second kappa shape index (κ2) is 6.45. The Bertz CT molecular complexity index is 617. The van der Waals surface area contributed by atoms with Crippen molar-refractivity contribution >= 4 is 35.0 Å². The Balaban J connectivity index is 2.12. The predicted molar refractivity (Wildman–Crippen MR) is 77.1 cm³/mol. The summed E-state index contributed by atoms with van der Waals surface area (Å²) < 4.78 is 9.65. The molecule has 1 atom stereocenters. The number of hydrogen-bond donors (Lipinski definition) is 0. The Labute approximate surface area is 125 Å². The van der Waals surface area contributed by atoms with E-state index in [2.05, 4.69) is 4.74 Å². The molecule has 0 aromatic carbocycles. The third kappa shape index (κ3) is 3.25. The topological polar surface area (TPSA) is 76.8 Å². The van der Waals surface area contributed by atoms with Crippen molar-refractivity contribution in [3.8, 4) is 0 Å². The molecule has 1 aliphatic rings. The number of furan rings is 1. The van der Waals surface area contributed by atoms with Gasteiger partial charge in [0.1, 0.15) is 11.8 Å². The van der Waals surface area contributed by atoms with Crippen LogP contribution < -0.4 is 0 Å². The number of hydrogen-bond acceptors (Lipinski definition) is 6. The number of amides is 2.